The third-order valence-corrected chi connectivity index (χ3v) is 6.30. The quantitative estimate of drug-likeness (QED) is 0.858. The number of hydrogen-bond acceptors (Lipinski definition) is 3. The number of aromatic nitrogens is 1. The summed E-state index contributed by atoms with van der Waals surface area (Å²) in [5, 5.41) is 11.6. The van der Waals surface area contributed by atoms with Gasteiger partial charge in [-0.05, 0) is 43.9 Å². The molecule has 1 saturated carbocycles. The van der Waals surface area contributed by atoms with Crippen LogP contribution in [0.25, 0.3) is 0 Å². The van der Waals surface area contributed by atoms with E-state index in [2.05, 4.69) is 4.98 Å². The van der Waals surface area contributed by atoms with Crippen LogP contribution in [0, 0.1) is 12.8 Å². The molecule has 4 rings (SSSR count). The fourth-order valence-electron chi connectivity index (χ4n) is 4.92. The summed E-state index contributed by atoms with van der Waals surface area (Å²) in [6, 6.07) is 13.2. The standard InChI is InChI=1S/C22H26N2O3/c1-15-11-12-17(20(25)23-15)21(26)24-14-13-22(27,16-7-3-2-4-8-16)18-9-5-6-10-19(18)24/h2-4,7-8,11-12,18-19,27H,5-6,9-10,13-14H2,1H3,(H,23,25)/t18-,19+,22-/m0/s1. The molecule has 2 heterocycles. The normalized spacial score (nSPS) is 27.9. The number of pyridine rings is 1. The second-order valence-corrected chi connectivity index (χ2v) is 7.88. The van der Waals surface area contributed by atoms with E-state index in [1.165, 1.54) is 0 Å². The summed E-state index contributed by atoms with van der Waals surface area (Å²) >= 11 is 0. The molecular formula is C22H26N2O3. The van der Waals surface area contributed by atoms with Crippen LogP contribution in [0.1, 0.15) is 53.7 Å². The summed E-state index contributed by atoms with van der Waals surface area (Å²) in [6.07, 6.45) is 4.36. The predicted molar refractivity (Wildman–Crippen MR) is 104 cm³/mol. The van der Waals surface area contributed by atoms with Crippen LogP contribution in [0.3, 0.4) is 0 Å². The Bertz CT molecular complexity index is 892. The van der Waals surface area contributed by atoms with Crippen LogP contribution >= 0.6 is 0 Å². The van der Waals surface area contributed by atoms with Crippen LogP contribution in [0.5, 0.6) is 0 Å². The third-order valence-electron chi connectivity index (χ3n) is 6.30. The molecule has 2 N–H and O–H groups in total. The summed E-state index contributed by atoms with van der Waals surface area (Å²) in [4.78, 5) is 30.0. The van der Waals surface area contributed by atoms with Crippen molar-refractivity contribution in [2.24, 2.45) is 5.92 Å². The average molecular weight is 366 g/mol. The monoisotopic (exact) mass is 366 g/mol. The maximum atomic E-state index is 13.2. The van der Waals surface area contributed by atoms with Crippen molar-refractivity contribution in [2.75, 3.05) is 6.54 Å². The lowest BCUT2D eigenvalue weighted by Crippen LogP contribution is -2.59. The van der Waals surface area contributed by atoms with Crippen LogP contribution < -0.4 is 5.56 Å². The highest BCUT2D eigenvalue weighted by atomic mass is 16.3. The first kappa shape index (κ1) is 18.0. The lowest BCUT2D eigenvalue weighted by atomic mass is 9.66. The van der Waals surface area contributed by atoms with Crippen molar-refractivity contribution in [1.29, 1.82) is 0 Å². The number of piperidine rings is 1. The molecule has 5 nitrogen and oxygen atoms in total. The number of aromatic amines is 1. The summed E-state index contributed by atoms with van der Waals surface area (Å²) in [6.45, 7) is 2.26. The Balaban J connectivity index is 1.67. The van der Waals surface area contributed by atoms with Crippen molar-refractivity contribution in [3.05, 3.63) is 69.6 Å². The smallest absolute Gasteiger partial charge is 0.260 e. The highest BCUT2D eigenvalue weighted by molar-refractivity contribution is 5.94. The molecule has 1 amide bonds. The van der Waals surface area contributed by atoms with Crippen molar-refractivity contribution in [1.82, 2.24) is 9.88 Å². The number of fused-ring (bicyclic) bond motifs is 1. The topological polar surface area (TPSA) is 73.4 Å². The molecule has 2 aliphatic rings. The van der Waals surface area contributed by atoms with Gasteiger partial charge in [0.1, 0.15) is 5.56 Å². The first-order chi connectivity index (χ1) is 13.0. The van der Waals surface area contributed by atoms with E-state index in [0.29, 0.717) is 13.0 Å². The Morgan fingerprint density at radius 2 is 1.89 bits per heavy atom. The Morgan fingerprint density at radius 1 is 1.15 bits per heavy atom. The van der Waals surface area contributed by atoms with E-state index in [9.17, 15) is 14.7 Å². The molecule has 1 aromatic heterocycles. The average Bonchev–Trinajstić information content (AvgIpc) is 2.69. The number of aryl methyl sites for hydroxylation is 1. The van der Waals surface area contributed by atoms with E-state index in [0.717, 1.165) is 36.9 Å². The molecule has 0 radical (unpaired) electrons. The fraction of sp³-hybridized carbons (Fsp3) is 0.455. The number of H-pyrrole nitrogens is 1. The number of amides is 1. The van der Waals surface area contributed by atoms with Gasteiger partial charge in [0.05, 0.1) is 5.60 Å². The van der Waals surface area contributed by atoms with Gasteiger partial charge in [0.25, 0.3) is 11.5 Å². The van der Waals surface area contributed by atoms with E-state index >= 15 is 0 Å². The number of benzene rings is 1. The minimum absolute atomic E-state index is 0.00381. The number of hydrogen-bond donors (Lipinski definition) is 2. The summed E-state index contributed by atoms with van der Waals surface area (Å²) in [5.41, 5.74) is 0.612. The molecule has 2 aromatic rings. The Morgan fingerprint density at radius 3 is 2.63 bits per heavy atom. The largest absolute Gasteiger partial charge is 0.385 e. The molecule has 3 atom stereocenters. The van der Waals surface area contributed by atoms with Crippen LogP contribution in [0.15, 0.2) is 47.3 Å². The Kier molecular flexibility index (Phi) is 4.64. The van der Waals surface area contributed by atoms with E-state index < -0.39 is 5.60 Å². The fourth-order valence-corrected chi connectivity index (χ4v) is 4.92. The van der Waals surface area contributed by atoms with Gasteiger partial charge in [-0.1, -0.05) is 43.2 Å². The number of carbonyl (C=O) groups is 1. The number of aliphatic hydroxyl groups is 1. The second-order valence-electron chi connectivity index (χ2n) is 7.88. The molecule has 1 aromatic carbocycles. The van der Waals surface area contributed by atoms with Gasteiger partial charge < -0.3 is 15.0 Å². The molecule has 1 aliphatic carbocycles. The van der Waals surface area contributed by atoms with Crippen LogP contribution in [-0.4, -0.2) is 33.5 Å². The van der Waals surface area contributed by atoms with Crippen molar-refractivity contribution < 1.29 is 9.90 Å². The first-order valence-corrected chi connectivity index (χ1v) is 9.79. The Hall–Kier alpha value is -2.40. The molecule has 5 heteroatoms. The van der Waals surface area contributed by atoms with Crippen LogP contribution in [0.2, 0.25) is 0 Å². The zero-order valence-electron chi connectivity index (χ0n) is 15.6. The van der Waals surface area contributed by atoms with Gasteiger partial charge in [0, 0.05) is 24.2 Å². The summed E-state index contributed by atoms with van der Waals surface area (Å²) in [7, 11) is 0. The lowest BCUT2D eigenvalue weighted by Gasteiger charge is -2.52. The number of carbonyl (C=O) groups excluding carboxylic acids is 1. The molecule has 0 spiro atoms. The van der Waals surface area contributed by atoms with Crippen molar-refractivity contribution in [3.8, 4) is 0 Å². The van der Waals surface area contributed by atoms with Gasteiger partial charge in [0.15, 0.2) is 0 Å². The van der Waals surface area contributed by atoms with Crippen LogP contribution in [0.4, 0.5) is 0 Å². The highest BCUT2D eigenvalue weighted by Gasteiger charge is 2.50. The van der Waals surface area contributed by atoms with E-state index in [-0.39, 0.29) is 29.0 Å². The zero-order chi connectivity index (χ0) is 19.0. The minimum atomic E-state index is -0.914. The number of nitrogens with zero attached hydrogens (tertiary/aromatic N) is 1. The molecule has 0 bridgehead atoms. The SMILES string of the molecule is Cc1ccc(C(=O)N2CC[C@](O)(c3ccccc3)[C@H]3CCCC[C@H]32)c(=O)[nH]1. The van der Waals surface area contributed by atoms with Gasteiger partial charge in [-0.25, -0.2) is 0 Å². The third kappa shape index (κ3) is 3.10. The molecular weight excluding hydrogens is 340 g/mol. The van der Waals surface area contributed by atoms with Gasteiger partial charge in [0.2, 0.25) is 0 Å². The van der Waals surface area contributed by atoms with Gasteiger partial charge in [-0.2, -0.15) is 0 Å². The molecule has 1 aliphatic heterocycles. The number of nitrogens with one attached hydrogen (secondary N) is 1. The Labute approximate surface area is 159 Å². The van der Waals surface area contributed by atoms with Crippen LogP contribution in [-0.2, 0) is 5.60 Å². The molecule has 2 fully saturated rings. The summed E-state index contributed by atoms with van der Waals surface area (Å²) < 4.78 is 0. The van der Waals surface area contributed by atoms with Crippen molar-refractivity contribution in [3.63, 3.8) is 0 Å². The van der Waals surface area contributed by atoms with Crippen molar-refractivity contribution >= 4 is 5.91 Å². The molecule has 0 unspecified atom stereocenters. The molecule has 142 valence electrons. The minimum Gasteiger partial charge on any atom is -0.385 e. The van der Waals surface area contributed by atoms with Crippen molar-refractivity contribution in [2.45, 2.75) is 50.7 Å². The number of likely N-dealkylation sites (tertiary alicyclic amines) is 1. The maximum absolute atomic E-state index is 13.2. The second kappa shape index (κ2) is 6.97. The molecule has 27 heavy (non-hydrogen) atoms. The number of rotatable bonds is 2. The van der Waals surface area contributed by atoms with E-state index in [1.807, 2.05) is 35.2 Å². The zero-order valence-corrected chi connectivity index (χ0v) is 15.6. The lowest BCUT2D eigenvalue weighted by molar-refractivity contribution is -0.110. The maximum Gasteiger partial charge on any atom is 0.260 e. The van der Waals surface area contributed by atoms with E-state index in [1.54, 1.807) is 19.1 Å². The predicted octanol–water partition coefficient (Wildman–Crippen LogP) is 2.98. The summed E-state index contributed by atoms with van der Waals surface area (Å²) in [5.74, 6) is -0.223. The van der Waals surface area contributed by atoms with Gasteiger partial charge in [-0.15, -0.1) is 0 Å². The first-order valence-electron chi connectivity index (χ1n) is 9.79. The van der Waals surface area contributed by atoms with E-state index in [4.69, 9.17) is 0 Å². The highest BCUT2D eigenvalue weighted by Crippen LogP contribution is 2.47. The molecule has 1 saturated heterocycles. The van der Waals surface area contributed by atoms with Gasteiger partial charge >= 0.3 is 0 Å². The van der Waals surface area contributed by atoms with Gasteiger partial charge in [-0.3, -0.25) is 9.59 Å².